The summed E-state index contributed by atoms with van der Waals surface area (Å²) in [6.45, 7) is 10.7. The summed E-state index contributed by atoms with van der Waals surface area (Å²) >= 11 is 2.42. The first-order chi connectivity index (χ1) is 10.7. The van der Waals surface area contributed by atoms with Crippen molar-refractivity contribution in [3.8, 4) is 0 Å². The highest BCUT2D eigenvalue weighted by molar-refractivity contribution is 14.1. The fourth-order valence-corrected chi connectivity index (χ4v) is 3.39. The van der Waals surface area contributed by atoms with Gasteiger partial charge in [0.05, 0.1) is 0 Å². The molecule has 2 rings (SSSR count). The SMILES string of the molecule is Cc1cccc(CN2CCCC(NC(=O)OC(C)(C)C)C2)c1I. The zero-order valence-corrected chi connectivity index (χ0v) is 16.6. The maximum absolute atomic E-state index is 11.9. The Labute approximate surface area is 153 Å². The maximum atomic E-state index is 11.9. The molecule has 1 aliphatic heterocycles. The summed E-state index contributed by atoms with van der Waals surface area (Å²) in [6, 6.07) is 6.63. The molecule has 0 spiro atoms. The van der Waals surface area contributed by atoms with E-state index >= 15 is 0 Å². The first kappa shape index (κ1) is 18.5. The summed E-state index contributed by atoms with van der Waals surface area (Å²) in [4.78, 5) is 14.4. The van der Waals surface area contributed by atoms with E-state index in [-0.39, 0.29) is 12.1 Å². The van der Waals surface area contributed by atoms with Crippen molar-refractivity contribution < 1.29 is 9.53 Å². The molecule has 0 saturated carbocycles. The third-order valence-electron chi connectivity index (χ3n) is 3.89. The minimum Gasteiger partial charge on any atom is -0.444 e. The highest BCUT2D eigenvalue weighted by Crippen LogP contribution is 2.20. The fourth-order valence-electron chi connectivity index (χ4n) is 2.86. The number of carbonyl (C=O) groups is 1. The summed E-state index contributed by atoms with van der Waals surface area (Å²) in [5.41, 5.74) is 2.24. The molecule has 0 radical (unpaired) electrons. The van der Waals surface area contributed by atoms with Gasteiger partial charge in [0.25, 0.3) is 0 Å². The lowest BCUT2D eigenvalue weighted by molar-refractivity contribution is 0.0470. The van der Waals surface area contributed by atoms with Crippen LogP contribution in [-0.4, -0.2) is 35.7 Å². The van der Waals surface area contributed by atoms with Gasteiger partial charge in [0, 0.05) is 22.7 Å². The minimum absolute atomic E-state index is 0.168. The van der Waals surface area contributed by atoms with Gasteiger partial charge >= 0.3 is 6.09 Å². The number of benzene rings is 1. The quantitative estimate of drug-likeness (QED) is 0.735. The lowest BCUT2D eigenvalue weighted by Crippen LogP contribution is -2.48. The molecule has 128 valence electrons. The lowest BCUT2D eigenvalue weighted by Gasteiger charge is -2.33. The van der Waals surface area contributed by atoms with Crippen LogP contribution in [0.4, 0.5) is 4.79 Å². The molecule has 1 amide bonds. The third-order valence-corrected chi connectivity index (χ3v) is 5.44. The molecule has 0 aromatic heterocycles. The molecule has 1 N–H and O–H groups in total. The molecule has 23 heavy (non-hydrogen) atoms. The van der Waals surface area contributed by atoms with E-state index in [2.05, 4.69) is 57.9 Å². The molecule has 1 saturated heterocycles. The highest BCUT2D eigenvalue weighted by atomic mass is 127. The number of likely N-dealkylation sites (tertiary alicyclic amines) is 1. The standard InChI is InChI=1S/C18H27IN2O2/c1-13-7-5-8-14(16(13)19)11-21-10-6-9-15(12-21)20-17(22)23-18(2,3)4/h5,7-8,15H,6,9-12H2,1-4H3,(H,20,22). The van der Waals surface area contributed by atoms with Crippen molar-refractivity contribution >= 4 is 28.7 Å². The molecular weight excluding hydrogens is 403 g/mol. The Morgan fingerprint density at radius 1 is 1.43 bits per heavy atom. The van der Waals surface area contributed by atoms with Crippen LogP contribution in [0.2, 0.25) is 0 Å². The van der Waals surface area contributed by atoms with Crippen molar-refractivity contribution in [1.82, 2.24) is 10.2 Å². The van der Waals surface area contributed by atoms with E-state index in [4.69, 9.17) is 4.74 Å². The molecule has 0 bridgehead atoms. The van der Waals surface area contributed by atoms with Crippen LogP contribution in [0.5, 0.6) is 0 Å². The van der Waals surface area contributed by atoms with E-state index in [0.717, 1.165) is 32.5 Å². The number of ether oxygens (including phenoxy) is 1. The van der Waals surface area contributed by atoms with E-state index in [1.165, 1.54) is 14.7 Å². The van der Waals surface area contributed by atoms with Gasteiger partial charge in [-0.3, -0.25) is 4.90 Å². The number of aryl methyl sites for hydroxylation is 1. The molecule has 1 unspecified atom stereocenters. The average Bonchev–Trinajstić information content (AvgIpc) is 2.42. The summed E-state index contributed by atoms with van der Waals surface area (Å²) in [7, 11) is 0. The molecule has 1 aromatic rings. The van der Waals surface area contributed by atoms with Crippen LogP contribution in [0.25, 0.3) is 0 Å². The Bertz CT molecular complexity index is 554. The van der Waals surface area contributed by atoms with Crippen LogP contribution in [-0.2, 0) is 11.3 Å². The molecule has 1 fully saturated rings. The predicted octanol–water partition coefficient (Wildman–Crippen LogP) is 4.09. The summed E-state index contributed by atoms with van der Waals surface area (Å²) < 4.78 is 6.70. The number of piperidine rings is 1. The number of halogens is 1. The maximum Gasteiger partial charge on any atom is 0.407 e. The van der Waals surface area contributed by atoms with Crippen LogP contribution in [0.15, 0.2) is 18.2 Å². The summed E-state index contributed by atoms with van der Waals surface area (Å²) in [6.07, 6.45) is 1.80. The van der Waals surface area contributed by atoms with Crippen molar-refractivity contribution in [2.75, 3.05) is 13.1 Å². The normalized spacial score (nSPS) is 19.4. The van der Waals surface area contributed by atoms with Crippen molar-refractivity contribution in [2.24, 2.45) is 0 Å². The zero-order valence-electron chi connectivity index (χ0n) is 14.5. The number of hydrogen-bond donors (Lipinski definition) is 1. The first-order valence-corrected chi connectivity index (χ1v) is 9.28. The second kappa shape index (κ2) is 7.83. The Hall–Kier alpha value is -0.820. The van der Waals surface area contributed by atoms with Gasteiger partial charge in [-0.05, 0) is 80.8 Å². The first-order valence-electron chi connectivity index (χ1n) is 8.20. The second-order valence-electron chi connectivity index (χ2n) is 7.27. The molecule has 1 atom stereocenters. The van der Waals surface area contributed by atoms with Crippen molar-refractivity contribution in [2.45, 2.75) is 58.7 Å². The van der Waals surface area contributed by atoms with Gasteiger partial charge in [-0.2, -0.15) is 0 Å². The number of carbonyl (C=O) groups excluding carboxylic acids is 1. The molecule has 5 heteroatoms. The monoisotopic (exact) mass is 430 g/mol. The van der Waals surface area contributed by atoms with E-state index in [1.807, 2.05) is 20.8 Å². The van der Waals surface area contributed by atoms with E-state index in [1.54, 1.807) is 0 Å². The Balaban J connectivity index is 1.91. The lowest BCUT2D eigenvalue weighted by atomic mass is 10.0. The number of amides is 1. The summed E-state index contributed by atoms with van der Waals surface area (Å²) in [5, 5.41) is 3.01. The van der Waals surface area contributed by atoms with Crippen molar-refractivity contribution in [3.05, 3.63) is 32.9 Å². The van der Waals surface area contributed by atoms with Gasteiger partial charge in [-0.15, -0.1) is 0 Å². The number of nitrogens with one attached hydrogen (secondary N) is 1. The predicted molar refractivity (Wildman–Crippen MR) is 102 cm³/mol. The minimum atomic E-state index is -0.448. The van der Waals surface area contributed by atoms with E-state index < -0.39 is 5.60 Å². The topological polar surface area (TPSA) is 41.6 Å². The van der Waals surface area contributed by atoms with Gasteiger partial charge in [0.2, 0.25) is 0 Å². The number of nitrogens with zero attached hydrogens (tertiary/aromatic N) is 1. The molecule has 0 aliphatic carbocycles. The molecule has 1 aliphatic rings. The number of alkyl carbamates (subject to hydrolysis) is 1. The molecule has 1 aromatic carbocycles. The van der Waals surface area contributed by atoms with Crippen LogP contribution in [0.3, 0.4) is 0 Å². The highest BCUT2D eigenvalue weighted by Gasteiger charge is 2.24. The second-order valence-corrected chi connectivity index (χ2v) is 8.35. The van der Waals surface area contributed by atoms with Gasteiger partial charge in [0.1, 0.15) is 5.60 Å². The average molecular weight is 430 g/mol. The summed E-state index contributed by atoms with van der Waals surface area (Å²) in [5.74, 6) is 0. The molecular formula is C18H27IN2O2. The van der Waals surface area contributed by atoms with Crippen LogP contribution >= 0.6 is 22.6 Å². The van der Waals surface area contributed by atoms with Crippen LogP contribution in [0.1, 0.15) is 44.7 Å². The van der Waals surface area contributed by atoms with Gasteiger partial charge in [-0.25, -0.2) is 4.79 Å². The Morgan fingerprint density at radius 3 is 2.87 bits per heavy atom. The van der Waals surface area contributed by atoms with Crippen LogP contribution in [0, 0.1) is 10.5 Å². The van der Waals surface area contributed by atoms with E-state index in [9.17, 15) is 4.79 Å². The smallest absolute Gasteiger partial charge is 0.407 e. The largest absolute Gasteiger partial charge is 0.444 e. The van der Waals surface area contributed by atoms with Crippen molar-refractivity contribution in [3.63, 3.8) is 0 Å². The van der Waals surface area contributed by atoms with Crippen LogP contribution < -0.4 is 5.32 Å². The number of hydrogen-bond acceptors (Lipinski definition) is 3. The van der Waals surface area contributed by atoms with Gasteiger partial charge in [0.15, 0.2) is 0 Å². The van der Waals surface area contributed by atoms with Gasteiger partial charge < -0.3 is 10.1 Å². The van der Waals surface area contributed by atoms with Gasteiger partial charge in [-0.1, -0.05) is 18.2 Å². The fraction of sp³-hybridized carbons (Fsp3) is 0.611. The number of rotatable bonds is 3. The van der Waals surface area contributed by atoms with E-state index in [0.29, 0.717) is 0 Å². The molecule has 4 nitrogen and oxygen atoms in total. The Morgan fingerprint density at radius 2 is 2.17 bits per heavy atom. The zero-order chi connectivity index (χ0) is 17.0. The third kappa shape index (κ3) is 5.95. The van der Waals surface area contributed by atoms with Crippen molar-refractivity contribution in [1.29, 1.82) is 0 Å². The molecule has 1 heterocycles. The Kier molecular flexibility index (Phi) is 6.31.